The molecule has 0 bridgehead atoms. The average molecular weight is 506 g/mol. The first kappa shape index (κ1) is 27.5. The Kier molecular flexibility index (Phi) is 11.2. The second-order valence-electron chi connectivity index (χ2n) is 6.91. The first-order chi connectivity index (χ1) is 16.1. The van der Waals surface area contributed by atoms with Crippen LogP contribution in [0, 0.1) is 0 Å². The van der Waals surface area contributed by atoms with Gasteiger partial charge in [0.1, 0.15) is 34.2 Å². The maximum absolute atomic E-state index is 9.73. The Morgan fingerprint density at radius 3 is 1.24 bits per heavy atom. The van der Waals surface area contributed by atoms with Gasteiger partial charge in [-0.1, -0.05) is 54.6 Å². The molecule has 2 nitrogen and oxygen atoms in total. The van der Waals surface area contributed by atoms with Crippen molar-refractivity contribution < 1.29 is 26.8 Å². The molecule has 0 spiro atoms. The Labute approximate surface area is 199 Å². The van der Waals surface area contributed by atoms with Crippen LogP contribution < -0.4 is 30.7 Å². The fourth-order valence-corrected chi connectivity index (χ4v) is 7.99. The smallest absolute Gasteiger partial charge is 0.456 e. The van der Waals surface area contributed by atoms with Gasteiger partial charge < -0.3 is 14.2 Å². The van der Waals surface area contributed by atoms with E-state index < -0.39 is 16.1 Å². The van der Waals surface area contributed by atoms with Crippen LogP contribution >= 0.6 is 16.1 Å². The van der Waals surface area contributed by atoms with Gasteiger partial charge in [-0.05, 0) is 60.7 Å². The van der Waals surface area contributed by atoms with Gasteiger partial charge in [-0.2, -0.15) is 12.6 Å². The molecular formula is C26H24F4O2P2. The lowest BCUT2D eigenvalue weighted by atomic mass is 10.3. The van der Waals surface area contributed by atoms with E-state index in [1.165, 1.54) is 21.2 Å². The van der Waals surface area contributed by atoms with Crippen LogP contribution in [0.3, 0.4) is 0 Å². The van der Waals surface area contributed by atoms with Gasteiger partial charge in [0.25, 0.3) is 0 Å². The van der Waals surface area contributed by atoms with Crippen molar-refractivity contribution in [3.05, 3.63) is 115 Å². The highest BCUT2D eigenvalue weighted by Crippen LogP contribution is 2.54. The van der Waals surface area contributed by atoms with Crippen molar-refractivity contribution in [2.75, 3.05) is 13.9 Å². The minimum absolute atomic E-state index is 0. The largest absolute Gasteiger partial charge is 1.00 e. The van der Waals surface area contributed by atoms with Crippen molar-refractivity contribution in [3.63, 3.8) is 0 Å². The molecule has 0 aliphatic heterocycles. The number of hydrogen-bond acceptors (Lipinski definition) is 2. The summed E-state index contributed by atoms with van der Waals surface area (Å²) in [5.41, 5.74) is 0. The summed E-state index contributed by atoms with van der Waals surface area (Å²) in [5, 5.41) is 5.31. The van der Waals surface area contributed by atoms with E-state index >= 15 is 0 Å². The van der Waals surface area contributed by atoms with Crippen LogP contribution in [0.25, 0.3) is 0 Å². The van der Waals surface area contributed by atoms with Crippen molar-refractivity contribution in [3.8, 4) is 5.75 Å². The second-order valence-corrected chi connectivity index (χ2v) is 10.7. The summed E-state index contributed by atoms with van der Waals surface area (Å²) in [6.45, 7) is 0.246. The van der Waals surface area contributed by atoms with Gasteiger partial charge >= 0.3 is 8.85 Å². The number of rotatable bonds is 7. The van der Waals surface area contributed by atoms with Crippen LogP contribution in [0.15, 0.2) is 115 Å². The standard InChI is InChI=1S/C26H24O2P.F3P.FH/c1-27-21-28-22-17-19-26(20-18-22)29(23-11-5-2-6-12-23,24-13-7-3-8-14-24)25-15-9-4-10-16-25;1-4(2)3;/h2-20H,21H2,1H3;;1H/q+1;;/p-1. The van der Waals surface area contributed by atoms with E-state index in [2.05, 4.69) is 103 Å². The van der Waals surface area contributed by atoms with Crippen LogP contribution in [0.2, 0.25) is 0 Å². The normalized spacial score (nSPS) is 10.6. The number of benzene rings is 4. The average Bonchev–Trinajstić information content (AvgIpc) is 2.86. The summed E-state index contributed by atoms with van der Waals surface area (Å²) in [6, 6.07) is 41.0. The SMILES string of the molecule is COCOc1ccc([P+](c2ccccc2)(c2ccccc2)c2ccccc2)cc1.FP(F)F.[F-]. The molecule has 0 fully saturated rings. The van der Waals surface area contributed by atoms with Crippen molar-refractivity contribution in [1.29, 1.82) is 0 Å². The maximum atomic E-state index is 9.73. The van der Waals surface area contributed by atoms with Crippen molar-refractivity contribution in [1.82, 2.24) is 0 Å². The molecule has 0 saturated carbocycles. The molecule has 0 unspecified atom stereocenters. The highest BCUT2D eigenvalue weighted by molar-refractivity contribution is 8.01. The van der Waals surface area contributed by atoms with E-state index in [0.29, 0.717) is 0 Å². The zero-order chi connectivity index (χ0) is 23.5. The van der Waals surface area contributed by atoms with Crippen molar-refractivity contribution >= 4 is 37.3 Å². The monoisotopic (exact) mass is 506 g/mol. The first-order valence-corrected chi connectivity index (χ1v) is 12.9. The first-order valence-electron chi connectivity index (χ1n) is 10.1. The Balaban J connectivity index is 0.000000758. The Morgan fingerprint density at radius 2 is 0.912 bits per heavy atom. The fourth-order valence-electron chi connectivity index (χ4n) is 3.74. The minimum atomic E-state index is -4.12. The quantitative estimate of drug-likeness (QED) is 0.217. The number of hydrogen-bond donors (Lipinski definition) is 0. The molecule has 0 atom stereocenters. The zero-order valence-corrected chi connectivity index (χ0v) is 20.2. The molecule has 0 aliphatic rings. The molecule has 0 radical (unpaired) electrons. The highest BCUT2D eigenvalue weighted by atomic mass is 31.2. The molecule has 178 valence electrons. The van der Waals surface area contributed by atoms with Gasteiger partial charge in [-0.25, -0.2) is 0 Å². The van der Waals surface area contributed by atoms with E-state index in [4.69, 9.17) is 9.47 Å². The molecule has 0 aromatic heterocycles. The predicted molar refractivity (Wildman–Crippen MR) is 134 cm³/mol. The lowest BCUT2D eigenvalue weighted by Crippen LogP contribution is -3.00. The third-order valence-electron chi connectivity index (χ3n) is 5.00. The molecule has 4 rings (SSSR count). The molecule has 8 heteroatoms. The summed E-state index contributed by atoms with van der Waals surface area (Å²) in [7, 11) is -4.53. The van der Waals surface area contributed by atoms with Crippen LogP contribution in [-0.2, 0) is 4.74 Å². The van der Waals surface area contributed by atoms with Gasteiger partial charge in [0.15, 0.2) is 6.79 Å². The topological polar surface area (TPSA) is 18.5 Å². The predicted octanol–water partition coefficient (Wildman–Crippen LogP) is 3.41. The van der Waals surface area contributed by atoms with E-state index in [9.17, 15) is 12.6 Å². The van der Waals surface area contributed by atoms with Gasteiger partial charge in [-0.3, -0.25) is 0 Å². The number of methoxy groups -OCH3 is 1. The van der Waals surface area contributed by atoms with Gasteiger partial charge in [-0.15, -0.1) is 0 Å². The molecule has 0 amide bonds. The summed E-state index contributed by atoms with van der Waals surface area (Å²) >= 11 is 0. The van der Waals surface area contributed by atoms with Crippen molar-refractivity contribution in [2.24, 2.45) is 0 Å². The molecular weight excluding hydrogens is 482 g/mol. The van der Waals surface area contributed by atoms with Crippen LogP contribution in [0.5, 0.6) is 5.75 Å². The van der Waals surface area contributed by atoms with E-state index in [1.807, 2.05) is 12.1 Å². The summed E-state index contributed by atoms with van der Waals surface area (Å²) in [6.07, 6.45) is 0. The Hall–Kier alpha value is -2.78. The summed E-state index contributed by atoms with van der Waals surface area (Å²) in [4.78, 5) is 0. The number of ether oxygens (including phenoxy) is 2. The summed E-state index contributed by atoms with van der Waals surface area (Å²) < 4.78 is 39.9. The molecule has 4 aromatic rings. The summed E-state index contributed by atoms with van der Waals surface area (Å²) in [5.74, 6) is 0.808. The van der Waals surface area contributed by atoms with Gasteiger partial charge in [0.2, 0.25) is 0 Å². The van der Waals surface area contributed by atoms with E-state index in [1.54, 1.807) is 7.11 Å². The Morgan fingerprint density at radius 1 is 0.588 bits per heavy atom. The highest BCUT2D eigenvalue weighted by Gasteiger charge is 2.47. The zero-order valence-electron chi connectivity index (χ0n) is 18.4. The molecule has 0 aliphatic carbocycles. The van der Waals surface area contributed by atoms with Gasteiger partial charge in [0, 0.05) is 7.11 Å². The molecule has 0 N–H and O–H groups in total. The lowest BCUT2D eigenvalue weighted by Gasteiger charge is -2.27. The third-order valence-corrected chi connectivity index (χ3v) is 9.29. The fraction of sp³-hybridized carbons (Fsp3) is 0.0769. The van der Waals surface area contributed by atoms with Gasteiger partial charge in [0.05, 0.1) is 0 Å². The number of halogens is 4. The third kappa shape index (κ3) is 6.64. The minimum Gasteiger partial charge on any atom is -1.00 e. The van der Waals surface area contributed by atoms with Crippen LogP contribution in [0.4, 0.5) is 12.6 Å². The molecule has 0 heterocycles. The second kappa shape index (κ2) is 13.8. The van der Waals surface area contributed by atoms with Crippen LogP contribution in [0.1, 0.15) is 0 Å². The Bertz CT molecular complexity index is 985. The van der Waals surface area contributed by atoms with E-state index in [0.717, 1.165) is 5.75 Å². The molecule has 0 saturated heterocycles. The lowest BCUT2D eigenvalue weighted by molar-refractivity contribution is -0.0000123. The molecule has 4 aromatic carbocycles. The maximum Gasteiger partial charge on any atom is 0.456 e. The van der Waals surface area contributed by atoms with Crippen molar-refractivity contribution in [2.45, 2.75) is 0 Å². The molecule has 34 heavy (non-hydrogen) atoms. The van der Waals surface area contributed by atoms with E-state index in [-0.39, 0.29) is 11.5 Å². The van der Waals surface area contributed by atoms with Crippen LogP contribution in [-0.4, -0.2) is 13.9 Å².